The van der Waals surface area contributed by atoms with E-state index < -0.39 is 5.82 Å². The fourth-order valence-electron chi connectivity index (χ4n) is 2.08. The van der Waals surface area contributed by atoms with Crippen LogP contribution in [0.2, 0.25) is 0 Å². The SMILES string of the molecule is Cc1cc(CNC(C)c2cc(F)ccc2F)c(C)s1. The van der Waals surface area contributed by atoms with Gasteiger partial charge < -0.3 is 5.32 Å². The van der Waals surface area contributed by atoms with Crippen molar-refractivity contribution in [2.45, 2.75) is 33.4 Å². The summed E-state index contributed by atoms with van der Waals surface area (Å²) < 4.78 is 26.8. The quantitative estimate of drug-likeness (QED) is 0.870. The molecule has 102 valence electrons. The topological polar surface area (TPSA) is 12.0 Å². The third-order valence-corrected chi connectivity index (χ3v) is 4.18. The number of aryl methyl sites for hydroxylation is 2. The van der Waals surface area contributed by atoms with E-state index in [1.165, 1.54) is 27.5 Å². The maximum atomic E-state index is 13.6. The van der Waals surface area contributed by atoms with E-state index >= 15 is 0 Å². The van der Waals surface area contributed by atoms with E-state index in [0.717, 1.165) is 6.07 Å². The zero-order valence-electron chi connectivity index (χ0n) is 11.3. The minimum atomic E-state index is -0.410. The van der Waals surface area contributed by atoms with Crippen molar-refractivity contribution in [1.29, 1.82) is 0 Å². The predicted octanol–water partition coefficient (Wildman–Crippen LogP) is 4.49. The Labute approximate surface area is 116 Å². The van der Waals surface area contributed by atoms with Crippen LogP contribution in [-0.2, 0) is 6.54 Å². The van der Waals surface area contributed by atoms with Gasteiger partial charge in [-0.05, 0) is 50.6 Å². The molecule has 19 heavy (non-hydrogen) atoms. The van der Waals surface area contributed by atoms with Crippen LogP contribution < -0.4 is 5.32 Å². The maximum absolute atomic E-state index is 13.6. The molecule has 2 aromatic rings. The Morgan fingerprint density at radius 3 is 2.58 bits per heavy atom. The van der Waals surface area contributed by atoms with Crippen molar-refractivity contribution in [3.05, 3.63) is 56.8 Å². The minimum absolute atomic E-state index is 0.227. The van der Waals surface area contributed by atoms with Crippen LogP contribution in [0.5, 0.6) is 0 Å². The summed E-state index contributed by atoms with van der Waals surface area (Å²) in [5.41, 5.74) is 1.58. The van der Waals surface area contributed by atoms with E-state index in [1.807, 2.05) is 6.92 Å². The van der Waals surface area contributed by atoms with Gasteiger partial charge in [-0.25, -0.2) is 8.78 Å². The van der Waals surface area contributed by atoms with Crippen molar-refractivity contribution < 1.29 is 8.78 Å². The Hall–Kier alpha value is -1.26. The van der Waals surface area contributed by atoms with Crippen LogP contribution in [0.15, 0.2) is 24.3 Å². The molecule has 2 rings (SSSR count). The predicted molar refractivity (Wildman–Crippen MR) is 75.4 cm³/mol. The Kier molecular flexibility index (Phi) is 4.32. The highest BCUT2D eigenvalue weighted by molar-refractivity contribution is 7.12. The standard InChI is InChI=1S/C15H17F2NS/c1-9-6-12(11(3)19-9)8-18-10(2)14-7-13(16)4-5-15(14)17/h4-7,10,18H,8H2,1-3H3. The summed E-state index contributed by atoms with van der Waals surface area (Å²) in [6.07, 6.45) is 0. The van der Waals surface area contributed by atoms with Crippen LogP contribution in [0, 0.1) is 25.5 Å². The monoisotopic (exact) mass is 281 g/mol. The average molecular weight is 281 g/mol. The van der Waals surface area contributed by atoms with Gasteiger partial charge in [0, 0.05) is 27.9 Å². The highest BCUT2D eigenvalue weighted by Crippen LogP contribution is 2.22. The number of rotatable bonds is 4. The van der Waals surface area contributed by atoms with Gasteiger partial charge in [0.2, 0.25) is 0 Å². The van der Waals surface area contributed by atoms with Gasteiger partial charge in [-0.15, -0.1) is 11.3 Å². The molecule has 0 saturated carbocycles. The molecule has 0 bridgehead atoms. The molecule has 0 aliphatic carbocycles. The van der Waals surface area contributed by atoms with E-state index in [4.69, 9.17) is 0 Å². The molecule has 0 radical (unpaired) electrons. The third-order valence-electron chi connectivity index (χ3n) is 3.17. The van der Waals surface area contributed by atoms with E-state index in [9.17, 15) is 8.78 Å². The van der Waals surface area contributed by atoms with Gasteiger partial charge in [0.05, 0.1) is 0 Å². The number of halogens is 2. The Morgan fingerprint density at radius 1 is 1.21 bits per heavy atom. The Morgan fingerprint density at radius 2 is 1.95 bits per heavy atom. The Balaban J connectivity index is 2.07. The molecule has 1 aromatic heterocycles. The van der Waals surface area contributed by atoms with Crippen LogP contribution in [-0.4, -0.2) is 0 Å². The summed E-state index contributed by atoms with van der Waals surface area (Å²) in [4.78, 5) is 2.52. The summed E-state index contributed by atoms with van der Waals surface area (Å²) in [6, 6.07) is 5.46. The number of thiophene rings is 1. The first-order valence-corrected chi connectivity index (χ1v) is 7.03. The normalized spacial score (nSPS) is 12.7. The van der Waals surface area contributed by atoms with Crippen LogP contribution >= 0.6 is 11.3 Å². The molecule has 1 heterocycles. The van der Waals surface area contributed by atoms with Gasteiger partial charge in [0.15, 0.2) is 0 Å². The van der Waals surface area contributed by atoms with Gasteiger partial charge >= 0.3 is 0 Å². The molecular formula is C15H17F2NS. The second kappa shape index (κ2) is 5.80. The molecule has 1 N–H and O–H groups in total. The molecule has 1 aromatic carbocycles. The van der Waals surface area contributed by atoms with Crippen LogP contribution in [0.1, 0.15) is 33.8 Å². The number of hydrogen-bond acceptors (Lipinski definition) is 2. The molecule has 1 unspecified atom stereocenters. The third kappa shape index (κ3) is 3.39. The van der Waals surface area contributed by atoms with Crippen LogP contribution in [0.3, 0.4) is 0 Å². The average Bonchev–Trinajstić information content (AvgIpc) is 2.68. The van der Waals surface area contributed by atoms with E-state index in [2.05, 4.69) is 25.2 Å². The fourth-order valence-corrected chi connectivity index (χ4v) is 3.02. The molecule has 1 atom stereocenters. The number of hydrogen-bond donors (Lipinski definition) is 1. The summed E-state index contributed by atoms with van der Waals surface area (Å²) in [5.74, 6) is -0.785. The second-order valence-corrected chi connectivity index (χ2v) is 6.17. The Bertz CT molecular complexity index is 578. The van der Waals surface area contributed by atoms with E-state index in [1.54, 1.807) is 11.3 Å². The first-order valence-electron chi connectivity index (χ1n) is 6.21. The zero-order valence-corrected chi connectivity index (χ0v) is 12.1. The van der Waals surface area contributed by atoms with Gasteiger partial charge in [0.1, 0.15) is 11.6 Å². The summed E-state index contributed by atoms with van der Waals surface area (Å²) in [5, 5.41) is 3.24. The highest BCUT2D eigenvalue weighted by atomic mass is 32.1. The van der Waals surface area contributed by atoms with E-state index in [0.29, 0.717) is 12.1 Å². The molecule has 0 fully saturated rings. The minimum Gasteiger partial charge on any atom is -0.306 e. The van der Waals surface area contributed by atoms with Crippen molar-refractivity contribution in [3.8, 4) is 0 Å². The van der Waals surface area contributed by atoms with Crippen molar-refractivity contribution in [2.24, 2.45) is 0 Å². The van der Waals surface area contributed by atoms with Crippen LogP contribution in [0.25, 0.3) is 0 Å². The van der Waals surface area contributed by atoms with E-state index in [-0.39, 0.29) is 11.9 Å². The molecule has 0 spiro atoms. The largest absolute Gasteiger partial charge is 0.306 e. The first-order chi connectivity index (χ1) is 8.97. The van der Waals surface area contributed by atoms with Gasteiger partial charge in [-0.3, -0.25) is 0 Å². The molecule has 0 amide bonds. The van der Waals surface area contributed by atoms with Crippen molar-refractivity contribution in [2.75, 3.05) is 0 Å². The van der Waals surface area contributed by atoms with Crippen LogP contribution in [0.4, 0.5) is 8.78 Å². The number of benzene rings is 1. The number of nitrogens with one attached hydrogen (secondary N) is 1. The summed E-state index contributed by atoms with van der Waals surface area (Å²) >= 11 is 1.75. The molecule has 0 aliphatic rings. The van der Waals surface area contributed by atoms with Gasteiger partial charge in [-0.2, -0.15) is 0 Å². The van der Waals surface area contributed by atoms with Crippen molar-refractivity contribution in [3.63, 3.8) is 0 Å². The zero-order chi connectivity index (χ0) is 14.0. The maximum Gasteiger partial charge on any atom is 0.128 e. The smallest absolute Gasteiger partial charge is 0.128 e. The molecular weight excluding hydrogens is 264 g/mol. The molecule has 0 saturated heterocycles. The first kappa shape index (κ1) is 14.2. The lowest BCUT2D eigenvalue weighted by Crippen LogP contribution is -2.19. The van der Waals surface area contributed by atoms with Crippen molar-refractivity contribution >= 4 is 11.3 Å². The molecule has 4 heteroatoms. The summed E-state index contributed by atoms with van der Waals surface area (Å²) in [6.45, 7) is 6.64. The fraction of sp³-hybridized carbons (Fsp3) is 0.333. The van der Waals surface area contributed by atoms with Gasteiger partial charge in [0.25, 0.3) is 0 Å². The molecule has 1 nitrogen and oxygen atoms in total. The van der Waals surface area contributed by atoms with Crippen molar-refractivity contribution in [1.82, 2.24) is 5.32 Å². The lowest BCUT2D eigenvalue weighted by atomic mass is 10.1. The second-order valence-electron chi connectivity index (χ2n) is 4.71. The lowest BCUT2D eigenvalue weighted by molar-refractivity contribution is 0.518. The highest BCUT2D eigenvalue weighted by Gasteiger charge is 2.12. The summed E-state index contributed by atoms with van der Waals surface area (Å²) in [7, 11) is 0. The van der Waals surface area contributed by atoms with Gasteiger partial charge in [-0.1, -0.05) is 0 Å². The molecule has 0 aliphatic heterocycles. The lowest BCUT2D eigenvalue weighted by Gasteiger charge is -2.15.